The van der Waals surface area contributed by atoms with E-state index < -0.39 is 17.5 Å². The normalized spacial score (nSPS) is 14.8. The van der Waals surface area contributed by atoms with E-state index in [4.69, 9.17) is 12.2 Å². The van der Waals surface area contributed by atoms with Crippen molar-refractivity contribution in [3.05, 3.63) is 65.0 Å². The lowest BCUT2D eigenvalue weighted by atomic mass is 9.89. The minimum Gasteiger partial charge on any atom is -0.322 e. The first-order chi connectivity index (χ1) is 14.0. The Morgan fingerprint density at radius 1 is 1.17 bits per heavy atom. The third kappa shape index (κ3) is 4.14. The zero-order valence-electron chi connectivity index (χ0n) is 15.7. The Morgan fingerprint density at radius 3 is 2.59 bits per heavy atom. The van der Waals surface area contributed by atoms with Crippen LogP contribution < -0.4 is 5.32 Å². The Labute approximate surface area is 171 Å². The van der Waals surface area contributed by atoms with E-state index in [-0.39, 0.29) is 18.2 Å². The fourth-order valence-electron chi connectivity index (χ4n) is 3.73. The summed E-state index contributed by atoms with van der Waals surface area (Å²) in [6.45, 7) is -0.163. The average Bonchev–Trinajstić information content (AvgIpc) is 3.33. The first-order valence-corrected chi connectivity index (χ1v) is 10.0. The largest absolute Gasteiger partial charge is 0.322 e. The minimum atomic E-state index is -0.831. The van der Waals surface area contributed by atoms with Crippen molar-refractivity contribution in [1.82, 2.24) is 19.1 Å². The summed E-state index contributed by atoms with van der Waals surface area (Å²) in [6.07, 6.45) is 9.30. The SMILES string of the molecule is O=C(Cn1nc(C2CCCCC2)n(-n2cccc2)c1=S)Nc1ccc(F)cc1F. The molecule has 0 atom stereocenters. The van der Waals surface area contributed by atoms with Crippen LogP contribution in [0.3, 0.4) is 0 Å². The van der Waals surface area contributed by atoms with Gasteiger partial charge in [0.2, 0.25) is 10.7 Å². The molecular weight excluding hydrogens is 396 g/mol. The van der Waals surface area contributed by atoms with Crippen molar-refractivity contribution in [3.8, 4) is 0 Å². The van der Waals surface area contributed by atoms with E-state index in [0.717, 1.165) is 43.6 Å². The maximum absolute atomic E-state index is 13.8. The van der Waals surface area contributed by atoms with Crippen LogP contribution in [0.25, 0.3) is 0 Å². The standard InChI is InChI=1S/C20H21F2N5OS/c21-15-8-9-17(16(22)12-15)23-18(28)13-26-20(29)27(25-10-4-5-11-25)19(24-26)14-6-2-1-3-7-14/h4-5,8-12,14H,1-3,6-7,13H2,(H,23,28). The van der Waals surface area contributed by atoms with Crippen LogP contribution in [0.4, 0.5) is 14.5 Å². The van der Waals surface area contributed by atoms with Crippen LogP contribution in [-0.4, -0.2) is 25.0 Å². The van der Waals surface area contributed by atoms with Gasteiger partial charge in [-0.2, -0.15) is 5.10 Å². The fraction of sp³-hybridized carbons (Fsp3) is 0.350. The number of benzene rings is 1. The summed E-state index contributed by atoms with van der Waals surface area (Å²) in [5.74, 6) is -0.926. The molecule has 1 fully saturated rings. The number of rotatable bonds is 5. The third-order valence-electron chi connectivity index (χ3n) is 5.13. The predicted molar refractivity (Wildman–Crippen MR) is 107 cm³/mol. The summed E-state index contributed by atoms with van der Waals surface area (Å²) >= 11 is 5.59. The molecule has 2 heterocycles. The minimum absolute atomic E-state index is 0.0831. The van der Waals surface area contributed by atoms with Crippen LogP contribution >= 0.6 is 12.2 Å². The highest BCUT2D eigenvalue weighted by Gasteiger charge is 2.24. The van der Waals surface area contributed by atoms with Gasteiger partial charge in [0.25, 0.3) is 0 Å². The predicted octanol–water partition coefficient (Wildman–Crippen LogP) is 4.49. The number of carbonyl (C=O) groups is 1. The molecule has 29 heavy (non-hydrogen) atoms. The highest BCUT2D eigenvalue weighted by molar-refractivity contribution is 7.71. The second-order valence-electron chi connectivity index (χ2n) is 7.18. The van der Waals surface area contributed by atoms with Crippen LogP contribution in [0.5, 0.6) is 0 Å². The van der Waals surface area contributed by atoms with E-state index >= 15 is 0 Å². The number of nitrogens with zero attached hydrogens (tertiary/aromatic N) is 4. The third-order valence-corrected chi connectivity index (χ3v) is 5.51. The number of anilines is 1. The van der Waals surface area contributed by atoms with Gasteiger partial charge in [-0.3, -0.25) is 9.47 Å². The van der Waals surface area contributed by atoms with Gasteiger partial charge in [0, 0.05) is 24.4 Å². The molecule has 1 amide bonds. The van der Waals surface area contributed by atoms with Gasteiger partial charge in [0.1, 0.15) is 18.2 Å². The van der Waals surface area contributed by atoms with Crippen molar-refractivity contribution in [2.75, 3.05) is 5.32 Å². The van der Waals surface area contributed by atoms with E-state index in [1.54, 1.807) is 0 Å². The zero-order valence-corrected chi connectivity index (χ0v) is 16.5. The van der Waals surface area contributed by atoms with Gasteiger partial charge >= 0.3 is 0 Å². The van der Waals surface area contributed by atoms with Gasteiger partial charge in [-0.25, -0.2) is 18.1 Å². The average molecular weight is 417 g/mol. The maximum Gasteiger partial charge on any atom is 0.246 e. The maximum atomic E-state index is 13.8. The summed E-state index contributed by atoms with van der Waals surface area (Å²) in [6, 6.07) is 6.80. The van der Waals surface area contributed by atoms with Gasteiger partial charge in [-0.1, -0.05) is 19.3 Å². The van der Waals surface area contributed by atoms with Crippen molar-refractivity contribution < 1.29 is 13.6 Å². The lowest BCUT2D eigenvalue weighted by molar-refractivity contribution is -0.117. The molecule has 0 radical (unpaired) electrons. The van der Waals surface area contributed by atoms with Crippen molar-refractivity contribution >= 4 is 23.8 Å². The van der Waals surface area contributed by atoms with E-state index in [9.17, 15) is 13.6 Å². The van der Waals surface area contributed by atoms with Crippen LogP contribution in [0.1, 0.15) is 43.8 Å². The van der Waals surface area contributed by atoms with Gasteiger partial charge < -0.3 is 5.32 Å². The van der Waals surface area contributed by atoms with Crippen molar-refractivity contribution in [3.63, 3.8) is 0 Å². The molecule has 0 aliphatic heterocycles. The topological polar surface area (TPSA) is 56.8 Å². The number of halogens is 2. The van der Waals surface area contributed by atoms with Gasteiger partial charge in [0.05, 0.1) is 5.69 Å². The number of hydrogen-bond donors (Lipinski definition) is 1. The number of nitrogens with one attached hydrogen (secondary N) is 1. The van der Waals surface area contributed by atoms with Crippen molar-refractivity contribution in [2.45, 2.75) is 44.6 Å². The highest BCUT2D eigenvalue weighted by atomic mass is 32.1. The molecule has 0 bridgehead atoms. The molecule has 1 saturated carbocycles. The first-order valence-electron chi connectivity index (χ1n) is 9.61. The molecule has 2 aromatic heterocycles. The number of carbonyl (C=O) groups excluding carboxylic acids is 1. The molecule has 6 nitrogen and oxygen atoms in total. The summed E-state index contributed by atoms with van der Waals surface area (Å²) in [5.41, 5.74) is -0.0831. The second kappa shape index (κ2) is 8.28. The number of hydrogen-bond acceptors (Lipinski definition) is 3. The smallest absolute Gasteiger partial charge is 0.246 e. The molecule has 1 aromatic carbocycles. The molecule has 9 heteroatoms. The number of aromatic nitrogens is 4. The molecule has 1 N–H and O–H groups in total. The molecule has 0 unspecified atom stereocenters. The molecule has 3 aromatic rings. The fourth-order valence-corrected chi connectivity index (χ4v) is 4.02. The molecule has 152 valence electrons. The Bertz CT molecular complexity index is 1070. The van der Waals surface area contributed by atoms with Crippen molar-refractivity contribution in [1.29, 1.82) is 0 Å². The van der Waals surface area contributed by atoms with Crippen LogP contribution in [0, 0.1) is 16.4 Å². The molecule has 0 saturated heterocycles. The van der Waals surface area contributed by atoms with Gasteiger partial charge in [-0.15, -0.1) is 0 Å². The molecular formula is C20H21F2N5OS. The van der Waals surface area contributed by atoms with Crippen LogP contribution in [0.15, 0.2) is 42.7 Å². The molecule has 1 aliphatic carbocycles. The van der Waals surface area contributed by atoms with E-state index in [0.29, 0.717) is 4.77 Å². The first kappa shape index (κ1) is 19.5. The van der Waals surface area contributed by atoms with Gasteiger partial charge in [0.15, 0.2) is 5.82 Å². The lowest BCUT2D eigenvalue weighted by Gasteiger charge is -2.21. The highest BCUT2D eigenvalue weighted by Crippen LogP contribution is 2.32. The summed E-state index contributed by atoms with van der Waals surface area (Å²) < 4.78 is 32.4. The second-order valence-corrected chi connectivity index (χ2v) is 7.55. The summed E-state index contributed by atoms with van der Waals surface area (Å²) in [4.78, 5) is 12.5. The van der Waals surface area contributed by atoms with E-state index in [1.807, 2.05) is 33.9 Å². The van der Waals surface area contributed by atoms with Crippen molar-refractivity contribution in [2.24, 2.45) is 0 Å². The van der Waals surface area contributed by atoms with E-state index in [2.05, 4.69) is 10.4 Å². The lowest BCUT2D eigenvalue weighted by Crippen LogP contribution is -2.20. The number of amides is 1. The monoisotopic (exact) mass is 417 g/mol. The Hall–Kier alpha value is -2.81. The van der Waals surface area contributed by atoms with Crippen LogP contribution in [-0.2, 0) is 11.3 Å². The zero-order chi connectivity index (χ0) is 20.4. The molecule has 4 rings (SSSR count). The quantitative estimate of drug-likeness (QED) is 0.623. The summed E-state index contributed by atoms with van der Waals surface area (Å²) in [5, 5.41) is 7.10. The Morgan fingerprint density at radius 2 is 1.90 bits per heavy atom. The van der Waals surface area contributed by atoms with Gasteiger partial charge in [-0.05, 0) is 49.3 Å². The van der Waals surface area contributed by atoms with Crippen LogP contribution in [0.2, 0.25) is 0 Å². The Balaban J connectivity index is 1.62. The van der Waals surface area contributed by atoms with E-state index in [1.165, 1.54) is 17.2 Å². The molecule has 1 aliphatic rings. The summed E-state index contributed by atoms with van der Waals surface area (Å²) in [7, 11) is 0. The molecule has 0 spiro atoms. The Kier molecular flexibility index (Phi) is 5.57.